The van der Waals surface area contributed by atoms with Crippen molar-refractivity contribution in [2.24, 2.45) is 5.92 Å². The van der Waals surface area contributed by atoms with Gasteiger partial charge in [0.05, 0.1) is 17.6 Å². The van der Waals surface area contributed by atoms with Crippen LogP contribution >= 0.6 is 0 Å². The maximum atomic E-state index is 11.5. The van der Waals surface area contributed by atoms with Crippen molar-refractivity contribution in [1.82, 2.24) is 5.32 Å². The van der Waals surface area contributed by atoms with E-state index >= 15 is 0 Å². The topological polar surface area (TPSA) is 55.4 Å². The molecule has 1 rings (SSSR count). The number of hydrogen-bond acceptors (Lipinski definition) is 4. The van der Waals surface area contributed by atoms with Crippen molar-refractivity contribution in [2.45, 2.75) is 31.9 Å². The minimum Gasteiger partial charge on any atom is -0.380 e. The quantitative estimate of drug-likeness (QED) is 0.679. The van der Waals surface area contributed by atoms with Gasteiger partial charge in [0.25, 0.3) is 0 Å². The van der Waals surface area contributed by atoms with Crippen molar-refractivity contribution in [3.63, 3.8) is 0 Å². The molecule has 96 valence electrons. The molecule has 0 aromatic carbocycles. The smallest absolute Gasteiger partial charge is 0.154 e. The number of nitrogens with one attached hydrogen (secondary N) is 1. The Balaban J connectivity index is 2.03. The van der Waals surface area contributed by atoms with E-state index < -0.39 is 9.84 Å². The molecule has 1 N–H and O–H groups in total. The first-order valence-electron chi connectivity index (χ1n) is 6.02. The van der Waals surface area contributed by atoms with Crippen LogP contribution in [0.2, 0.25) is 0 Å². The lowest BCUT2D eigenvalue weighted by molar-refractivity contribution is 0.112. The Bertz CT molecular complexity index is 288. The van der Waals surface area contributed by atoms with E-state index in [4.69, 9.17) is 4.74 Å². The molecule has 0 amide bonds. The van der Waals surface area contributed by atoms with Crippen LogP contribution in [0.5, 0.6) is 0 Å². The van der Waals surface area contributed by atoms with Crippen LogP contribution in [0.15, 0.2) is 0 Å². The van der Waals surface area contributed by atoms with Crippen molar-refractivity contribution in [1.29, 1.82) is 0 Å². The van der Waals surface area contributed by atoms with Crippen LogP contribution in [0.25, 0.3) is 0 Å². The molecule has 5 heteroatoms. The average Bonchev–Trinajstić information content (AvgIpc) is 2.51. The minimum absolute atomic E-state index is 0.169. The van der Waals surface area contributed by atoms with Crippen molar-refractivity contribution in [3.8, 4) is 0 Å². The largest absolute Gasteiger partial charge is 0.380 e. The van der Waals surface area contributed by atoms with E-state index in [9.17, 15) is 8.42 Å². The number of ether oxygens (including phenoxy) is 1. The van der Waals surface area contributed by atoms with Crippen molar-refractivity contribution >= 4 is 9.84 Å². The molecule has 0 aromatic rings. The Kier molecular flexibility index (Phi) is 5.72. The first kappa shape index (κ1) is 13.9. The molecule has 0 aromatic heterocycles. The Labute approximate surface area is 98.7 Å². The summed E-state index contributed by atoms with van der Waals surface area (Å²) in [7, 11) is -2.80. The summed E-state index contributed by atoms with van der Waals surface area (Å²) in [6, 6.07) is 0. The van der Waals surface area contributed by atoms with Crippen LogP contribution in [-0.4, -0.2) is 45.7 Å². The fraction of sp³-hybridized carbons (Fsp3) is 1.00. The number of hydrogen-bond donors (Lipinski definition) is 1. The van der Waals surface area contributed by atoms with Gasteiger partial charge < -0.3 is 10.1 Å². The Hall–Kier alpha value is -0.130. The molecule has 1 saturated heterocycles. The molecule has 0 bridgehead atoms. The first-order valence-corrected chi connectivity index (χ1v) is 7.74. The van der Waals surface area contributed by atoms with Gasteiger partial charge in [-0.2, -0.15) is 0 Å². The van der Waals surface area contributed by atoms with Gasteiger partial charge in [0, 0.05) is 19.7 Å². The van der Waals surface area contributed by atoms with Crippen molar-refractivity contribution in [2.75, 3.05) is 32.1 Å². The van der Waals surface area contributed by atoms with E-state index in [1.165, 1.54) is 0 Å². The molecule has 1 aliphatic heterocycles. The second-order valence-electron chi connectivity index (χ2n) is 4.80. The highest BCUT2D eigenvalue weighted by molar-refractivity contribution is 7.92. The highest BCUT2D eigenvalue weighted by Gasteiger charge is 2.30. The van der Waals surface area contributed by atoms with Crippen LogP contribution < -0.4 is 5.32 Å². The normalized spacial score (nSPS) is 24.1. The molecule has 1 aliphatic rings. The zero-order valence-corrected chi connectivity index (χ0v) is 11.1. The van der Waals surface area contributed by atoms with E-state index in [0.717, 1.165) is 26.0 Å². The van der Waals surface area contributed by atoms with Gasteiger partial charge >= 0.3 is 0 Å². The highest BCUT2D eigenvalue weighted by Crippen LogP contribution is 2.18. The minimum atomic E-state index is -2.80. The summed E-state index contributed by atoms with van der Waals surface area (Å²) in [5.74, 6) is 0.915. The van der Waals surface area contributed by atoms with Gasteiger partial charge in [0.2, 0.25) is 0 Å². The zero-order chi connectivity index (χ0) is 12.0. The molecule has 0 saturated carbocycles. The SMILES string of the molecule is CC(C)COCCNCC1CCCS1(=O)=O. The maximum absolute atomic E-state index is 11.5. The van der Waals surface area contributed by atoms with Crippen molar-refractivity contribution in [3.05, 3.63) is 0 Å². The summed E-state index contributed by atoms with van der Waals surface area (Å²) < 4.78 is 28.4. The molecular weight excluding hydrogens is 226 g/mol. The summed E-state index contributed by atoms with van der Waals surface area (Å²) in [5, 5.41) is 2.98. The van der Waals surface area contributed by atoms with Gasteiger partial charge in [-0.15, -0.1) is 0 Å². The maximum Gasteiger partial charge on any atom is 0.154 e. The number of sulfone groups is 1. The summed E-state index contributed by atoms with van der Waals surface area (Å²) in [6.45, 7) is 6.96. The van der Waals surface area contributed by atoms with Crippen LogP contribution in [0, 0.1) is 5.92 Å². The predicted molar refractivity (Wildman–Crippen MR) is 65.3 cm³/mol. The molecule has 4 nitrogen and oxygen atoms in total. The lowest BCUT2D eigenvalue weighted by atomic mass is 10.2. The van der Waals surface area contributed by atoms with Crippen LogP contribution in [-0.2, 0) is 14.6 Å². The molecular formula is C11H23NO3S. The number of rotatable bonds is 7. The van der Waals surface area contributed by atoms with E-state index in [2.05, 4.69) is 19.2 Å². The summed E-state index contributed by atoms with van der Waals surface area (Å²) >= 11 is 0. The summed E-state index contributed by atoms with van der Waals surface area (Å²) in [5.41, 5.74) is 0. The summed E-state index contributed by atoms with van der Waals surface area (Å²) in [4.78, 5) is 0. The predicted octanol–water partition coefficient (Wildman–Crippen LogP) is 0.826. The second-order valence-corrected chi connectivity index (χ2v) is 7.20. The van der Waals surface area contributed by atoms with E-state index in [1.807, 2.05) is 0 Å². The van der Waals surface area contributed by atoms with Gasteiger partial charge in [0.15, 0.2) is 9.84 Å². The Morgan fingerprint density at radius 2 is 2.19 bits per heavy atom. The van der Waals surface area contributed by atoms with Crippen LogP contribution in [0.1, 0.15) is 26.7 Å². The Morgan fingerprint density at radius 3 is 2.75 bits per heavy atom. The van der Waals surface area contributed by atoms with Gasteiger partial charge in [-0.3, -0.25) is 0 Å². The first-order chi connectivity index (χ1) is 7.52. The third-order valence-electron chi connectivity index (χ3n) is 2.71. The molecule has 0 spiro atoms. The molecule has 1 atom stereocenters. The second kappa shape index (κ2) is 6.57. The molecule has 1 unspecified atom stereocenters. The van der Waals surface area contributed by atoms with E-state index in [1.54, 1.807) is 0 Å². The Morgan fingerprint density at radius 1 is 1.44 bits per heavy atom. The van der Waals surface area contributed by atoms with E-state index in [-0.39, 0.29) is 5.25 Å². The van der Waals surface area contributed by atoms with Crippen molar-refractivity contribution < 1.29 is 13.2 Å². The monoisotopic (exact) mass is 249 g/mol. The fourth-order valence-electron chi connectivity index (χ4n) is 1.81. The lowest BCUT2D eigenvalue weighted by Gasteiger charge is -2.11. The van der Waals surface area contributed by atoms with E-state index in [0.29, 0.717) is 24.8 Å². The average molecular weight is 249 g/mol. The molecule has 1 heterocycles. The van der Waals surface area contributed by atoms with Crippen LogP contribution in [0.4, 0.5) is 0 Å². The molecule has 1 fully saturated rings. The molecule has 0 aliphatic carbocycles. The van der Waals surface area contributed by atoms with Gasteiger partial charge in [-0.05, 0) is 18.8 Å². The highest BCUT2D eigenvalue weighted by atomic mass is 32.2. The summed E-state index contributed by atoms with van der Waals surface area (Å²) in [6.07, 6.45) is 1.63. The third kappa shape index (κ3) is 4.80. The van der Waals surface area contributed by atoms with Gasteiger partial charge in [-0.1, -0.05) is 13.8 Å². The van der Waals surface area contributed by atoms with Crippen LogP contribution in [0.3, 0.4) is 0 Å². The standard InChI is InChI=1S/C11H23NO3S/c1-10(2)9-15-6-5-12-8-11-4-3-7-16(11,13)14/h10-12H,3-9H2,1-2H3. The van der Waals surface area contributed by atoms with Gasteiger partial charge in [0.1, 0.15) is 0 Å². The molecule has 16 heavy (non-hydrogen) atoms. The lowest BCUT2D eigenvalue weighted by Crippen LogP contribution is -2.32. The van der Waals surface area contributed by atoms with Gasteiger partial charge in [-0.25, -0.2) is 8.42 Å². The molecule has 0 radical (unpaired) electrons. The zero-order valence-electron chi connectivity index (χ0n) is 10.2. The third-order valence-corrected chi connectivity index (χ3v) is 4.99. The fourth-order valence-corrected chi connectivity index (χ4v) is 3.61.